The van der Waals surface area contributed by atoms with Crippen LogP contribution in [0.25, 0.3) is 11.0 Å². The van der Waals surface area contributed by atoms with E-state index in [2.05, 4.69) is 0 Å². The van der Waals surface area contributed by atoms with E-state index in [1.807, 2.05) is 6.07 Å². The Balaban J connectivity index is 1.57. The number of likely N-dealkylation sites (tertiary alicyclic amines) is 1. The Morgan fingerprint density at radius 1 is 1.07 bits per heavy atom. The highest BCUT2D eigenvalue weighted by Crippen LogP contribution is 2.23. The molecule has 1 aromatic heterocycles. The molecule has 2 heterocycles. The van der Waals surface area contributed by atoms with E-state index >= 15 is 0 Å². The summed E-state index contributed by atoms with van der Waals surface area (Å²) in [4.78, 5) is 39.6. The molecule has 1 aliphatic heterocycles. The van der Waals surface area contributed by atoms with Gasteiger partial charge in [0.1, 0.15) is 11.1 Å². The maximum atomic E-state index is 13.0. The van der Waals surface area contributed by atoms with Crippen molar-refractivity contribution in [3.05, 3.63) is 81.2 Å². The van der Waals surface area contributed by atoms with E-state index in [-0.39, 0.29) is 23.8 Å². The number of fused-ring (bicyclic) bond motifs is 1. The van der Waals surface area contributed by atoms with Crippen molar-refractivity contribution in [2.45, 2.75) is 12.8 Å². The van der Waals surface area contributed by atoms with E-state index in [4.69, 9.17) is 16.0 Å². The number of halogens is 1. The fourth-order valence-electron chi connectivity index (χ4n) is 3.61. The van der Waals surface area contributed by atoms with E-state index in [9.17, 15) is 14.4 Å². The van der Waals surface area contributed by atoms with Gasteiger partial charge in [0.2, 0.25) is 0 Å². The van der Waals surface area contributed by atoms with Gasteiger partial charge in [-0.05, 0) is 49.2 Å². The van der Waals surface area contributed by atoms with Gasteiger partial charge in [-0.15, -0.1) is 0 Å². The first kappa shape index (κ1) is 18.4. The molecule has 1 atom stereocenters. The third kappa shape index (κ3) is 3.58. The van der Waals surface area contributed by atoms with Gasteiger partial charge in [0.15, 0.2) is 5.78 Å². The molecule has 28 heavy (non-hydrogen) atoms. The van der Waals surface area contributed by atoms with Gasteiger partial charge < -0.3 is 9.32 Å². The number of hydrogen-bond acceptors (Lipinski definition) is 4. The third-order valence-electron chi connectivity index (χ3n) is 5.08. The molecule has 1 fully saturated rings. The minimum atomic E-state index is -0.658. The molecule has 6 heteroatoms. The maximum Gasteiger partial charge on any atom is 0.349 e. The number of amides is 1. The van der Waals surface area contributed by atoms with E-state index < -0.39 is 11.5 Å². The Bertz CT molecular complexity index is 1100. The number of carbonyl (C=O) groups is 2. The quantitative estimate of drug-likeness (QED) is 0.492. The number of rotatable bonds is 3. The molecule has 0 bridgehead atoms. The number of nitrogens with zero attached hydrogens (tertiary/aromatic N) is 1. The number of Topliss-reactive ketones (excluding diaryl/α,β-unsaturated/α-hetero) is 1. The van der Waals surface area contributed by atoms with Crippen molar-refractivity contribution in [1.29, 1.82) is 0 Å². The molecule has 2 aromatic carbocycles. The van der Waals surface area contributed by atoms with Crippen molar-refractivity contribution in [2.75, 3.05) is 13.1 Å². The monoisotopic (exact) mass is 395 g/mol. The maximum absolute atomic E-state index is 13.0. The second kappa shape index (κ2) is 7.60. The van der Waals surface area contributed by atoms with Gasteiger partial charge in [-0.2, -0.15) is 0 Å². The summed E-state index contributed by atoms with van der Waals surface area (Å²) in [5, 5.41) is 1.26. The molecule has 4 rings (SSSR count). The summed E-state index contributed by atoms with van der Waals surface area (Å²) in [7, 11) is 0. The number of benzene rings is 2. The van der Waals surface area contributed by atoms with Crippen molar-refractivity contribution in [2.24, 2.45) is 5.92 Å². The number of hydrogen-bond donors (Lipinski definition) is 0. The standard InChI is InChI=1S/C22H18ClNO4/c23-17-9-7-14(8-10-17)20(25)16-5-3-11-24(13-16)21(26)18-12-15-4-1-2-6-19(15)28-22(18)27/h1-2,4,6-10,12,16H,3,5,11,13H2/t16-/m1/s1. The normalized spacial score (nSPS) is 16.9. The molecule has 1 saturated heterocycles. The molecule has 1 amide bonds. The van der Waals surface area contributed by atoms with Crippen LogP contribution in [0.1, 0.15) is 33.6 Å². The molecular weight excluding hydrogens is 378 g/mol. The van der Waals surface area contributed by atoms with E-state index in [0.717, 1.165) is 0 Å². The largest absolute Gasteiger partial charge is 0.422 e. The van der Waals surface area contributed by atoms with Crippen LogP contribution < -0.4 is 5.63 Å². The Morgan fingerprint density at radius 2 is 1.82 bits per heavy atom. The molecule has 1 aliphatic rings. The van der Waals surface area contributed by atoms with Gasteiger partial charge >= 0.3 is 5.63 Å². The minimum Gasteiger partial charge on any atom is -0.422 e. The molecular formula is C22H18ClNO4. The Hall–Kier alpha value is -2.92. The van der Waals surface area contributed by atoms with Crippen LogP contribution in [0.3, 0.4) is 0 Å². The first-order valence-electron chi connectivity index (χ1n) is 9.15. The summed E-state index contributed by atoms with van der Waals surface area (Å²) in [5.74, 6) is -0.709. The second-order valence-corrected chi connectivity index (χ2v) is 7.38. The van der Waals surface area contributed by atoms with Crippen molar-refractivity contribution in [3.8, 4) is 0 Å². The molecule has 0 aliphatic carbocycles. The van der Waals surface area contributed by atoms with Gasteiger partial charge in [0.05, 0.1) is 0 Å². The summed E-state index contributed by atoms with van der Waals surface area (Å²) in [6.07, 6.45) is 1.41. The molecule has 5 nitrogen and oxygen atoms in total. The van der Waals surface area contributed by atoms with Crippen LogP contribution >= 0.6 is 11.6 Å². The van der Waals surface area contributed by atoms with E-state index in [1.54, 1.807) is 53.4 Å². The lowest BCUT2D eigenvalue weighted by molar-refractivity contribution is 0.0634. The predicted molar refractivity (Wildman–Crippen MR) is 107 cm³/mol. The fourth-order valence-corrected chi connectivity index (χ4v) is 3.73. The third-order valence-corrected chi connectivity index (χ3v) is 5.33. The predicted octanol–water partition coefficient (Wildman–Crippen LogP) is 4.18. The molecule has 0 N–H and O–H groups in total. The molecule has 0 unspecified atom stereocenters. The van der Waals surface area contributed by atoms with Gasteiger partial charge in [-0.3, -0.25) is 9.59 Å². The first-order chi connectivity index (χ1) is 13.5. The first-order valence-corrected chi connectivity index (χ1v) is 9.52. The highest BCUT2D eigenvalue weighted by atomic mass is 35.5. The zero-order valence-electron chi connectivity index (χ0n) is 15.1. The number of carbonyl (C=O) groups excluding carboxylic acids is 2. The molecule has 142 valence electrons. The minimum absolute atomic E-state index is 0.00158. The molecule has 0 radical (unpaired) electrons. The smallest absolute Gasteiger partial charge is 0.349 e. The number of ketones is 1. The lowest BCUT2D eigenvalue weighted by atomic mass is 9.89. The van der Waals surface area contributed by atoms with E-state index in [0.29, 0.717) is 40.9 Å². The zero-order chi connectivity index (χ0) is 19.7. The lowest BCUT2D eigenvalue weighted by Gasteiger charge is -2.32. The highest BCUT2D eigenvalue weighted by molar-refractivity contribution is 6.30. The molecule has 0 spiro atoms. The lowest BCUT2D eigenvalue weighted by Crippen LogP contribution is -2.43. The summed E-state index contributed by atoms with van der Waals surface area (Å²) in [6, 6.07) is 15.4. The SMILES string of the molecule is O=C(c1ccc(Cl)cc1)[C@@H]1CCCN(C(=O)c2cc3ccccc3oc2=O)C1. The van der Waals surface area contributed by atoms with Crippen molar-refractivity contribution < 1.29 is 14.0 Å². The number of para-hydroxylation sites is 1. The zero-order valence-corrected chi connectivity index (χ0v) is 15.8. The summed E-state index contributed by atoms with van der Waals surface area (Å²) < 4.78 is 5.28. The van der Waals surface area contributed by atoms with Crippen molar-refractivity contribution in [3.63, 3.8) is 0 Å². The van der Waals surface area contributed by atoms with Crippen LogP contribution in [0.2, 0.25) is 5.02 Å². The Labute approximate surface area is 166 Å². The Kier molecular flexibility index (Phi) is 5.01. The topological polar surface area (TPSA) is 67.6 Å². The van der Waals surface area contributed by atoms with Crippen LogP contribution in [-0.2, 0) is 0 Å². The van der Waals surface area contributed by atoms with Crippen LogP contribution in [0.5, 0.6) is 0 Å². The van der Waals surface area contributed by atoms with Gasteiger partial charge in [-0.25, -0.2) is 4.79 Å². The second-order valence-electron chi connectivity index (χ2n) is 6.95. The average molecular weight is 396 g/mol. The van der Waals surface area contributed by atoms with Crippen LogP contribution in [0.15, 0.2) is 63.8 Å². The summed E-state index contributed by atoms with van der Waals surface area (Å²) in [6.45, 7) is 0.794. The fraction of sp³-hybridized carbons (Fsp3) is 0.227. The van der Waals surface area contributed by atoms with Gasteiger partial charge in [0.25, 0.3) is 5.91 Å². The average Bonchev–Trinajstić information content (AvgIpc) is 2.73. The summed E-state index contributed by atoms with van der Waals surface area (Å²) in [5.41, 5.74) is 0.362. The Morgan fingerprint density at radius 3 is 2.61 bits per heavy atom. The van der Waals surface area contributed by atoms with Crippen molar-refractivity contribution >= 4 is 34.3 Å². The molecule has 0 saturated carbocycles. The highest BCUT2D eigenvalue weighted by Gasteiger charge is 2.30. The van der Waals surface area contributed by atoms with E-state index in [1.165, 1.54) is 0 Å². The van der Waals surface area contributed by atoms with Gasteiger partial charge in [0, 0.05) is 35.0 Å². The van der Waals surface area contributed by atoms with Gasteiger partial charge in [-0.1, -0.05) is 29.8 Å². The van der Waals surface area contributed by atoms with Crippen molar-refractivity contribution in [1.82, 2.24) is 4.90 Å². The molecule has 3 aromatic rings. The van der Waals surface area contributed by atoms with Crippen LogP contribution in [0, 0.1) is 5.92 Å². The van der Waals surface area contributed by atoms with Crippen LogP contribution in [0.4, 0.5) is 0 Å². The van der Waals surface area contributed by atoms with Crippen LogP contribution in [-0.4, -0.2) is 29.7 Å². The summed E-state index contributed by atoms with van der Waals surface area (Å²) >= 11 is 5.89. The number of piperidine rings is 1.